The number of hydrogen-bond donors (Lipinski definition) is 0. The molecule has 0 amide bonds. The Hall–Kier alpha value is -1.31. The lowest BCUT2D eigenvalue weighted by Crippen LogP contribution is -2.67. The summed E-state index contributed by atoms with van der Waals surface area (Å²) in [4.78, 5) is 2.18. The van der Waals surface area contributed by atoms with E-state index in [2.05, 4.69) is 4.90 Å². The molecule has 2 saturated heterocycles. The molecule has 6 nitrogen and oxygen atoms in total. The topological polar surface area (TPSA) is 65.1 Å². The van der Waals surface area contributed by atoms with Gasteiger partial charge in [0.15, 0.2) is 9.84 Å². The summed E-state index contributed by atoms with van der Waals surface area (Å²) in [7, 11) is 0.200. The Bertz CT molecular complexity index is 690. The summed E-state index contributed by atoms with van der Waals surface area (Å²) in [5, 5.41) is 0. The second kappa shape index (κ2) is 7.13. The molecule has 1 aromatic rings. The summed E-state index contributed by atoms with van der Waals surface area (Å²) >= 11 is 0. The summed E-state index contributed by atoms with van der Waals surface area (Å²) in [5.41, 5.74) is 1.06. The van der Waals surface area contributed by atoms with Gasteiger partial charge in [0.25, 0.3) is 0 Å². The number of methoxy groups -OCH3 is 2. The van der Waals surface area contributed by atoms with Crippen molar-refractivity contribution in [2.75, 3.05) is 46.3 Å². The van der Waals surface area contributed by atoms with Gasteiger partial charge in [-0.15, -0.1) is 0 Å². The first-order valence-corrected chi connectivity index (χ1v) is 10.3. The molecule has 1 atom stereocenters. The van der Waals surface area contributed by atoms with Gasteiger partial charge in [0.1, 0.15) is 16.2 Å². The molecule has 2 aliphatic rings. The molecule has 0 saturated carbocycles. The van der Waals surface area contributed by atoms with Gasteiger partial charge < -0.3 is 14.2 Å². The Kier molecular flexibility index (Phi) is 5.27. The van der Waals surface area contributed by atoms with E-state index >= 15 is 0 Å². The summed E-state index contributed by atoms with van der Waals surface area (Å²) in [6.07, 6.45) is 0.711. The molecule has 0 radical (unpaired) electrons. The molecule has 2 aliphatic heterocycles. The van der Waals surface area contributed by atoms with Gasteiger partial charge in [-0.2, -0.15) is 0 Å². The van der Waals surface area contributed by atoms with Crippen LogP contribution in [0.5, 0.6) is 11.5 Å². The Morgan fingerprint density at radius 1 is 1.16 bits per heavy atom. The maximum atomic E-state index is 12.6. The predicted octanol–water partition coefficient (Wildman–Crippen LogP) is 1.73. The molecule has 2 fully saturated rings. The van der Waals surface area contributed by atoms with Crippen LogP contribution in [0, 0.1) is 5.92 Å². The van der Waals surface area contributed by atoms with Crippen LogP contribution >= 0.6 is 0 Å². The third-order valence-electron chi connectivity index (χ3n) is 5.42. The zero-order chi connectivity index (χ0) is 18.1. The first-order valence-electron chi connectivity index (χ1n) is 8.68. The summed E-state index contributed by atoms with van der Waals surface area (Å²) < 4.78 is 40.8. The fourth-order valence-corrected chi connectivity index (χ4v) is 6.46. The highest BCUT2D eigenvalue weighted by molar-refractivity contribution is 7.93. The smallest absolute Gasteiger partial charge is 0.158 e. The monoisotopic (exact) mass is 369 g/mol. The quantitative estimate of drug-likeness (QED) is 0.729. The number of sulfone groups is 1. The summed E-state index contributed by atoms with van der Waals surface area (Å²) in [6.45, 7) is 4.95. The average molecular weight is 369 g/mol. The maximum Gasteiger partial charge on any atom is 0.158 e. The van der Waals surface area contributed by atoms with E-state index in [1.165, 1.54) is 0 Å². The number of rotatable bonds is 7. The minimum Gasteiger partial charge on any atom is -0.497 e. The maximum absolute atomic E-state index is 12.6. The van der Waals surface area contributed by atoms with Gasteiger partial charge in [0.2, 0.25) is 0 Å². The van der Waals surface area contributed by atoms with Gasteiger partial charge in [-0.25, -0.2) is 8.42 Å². The third kappa shape index (κ3) is 3.37. The van der Waals surface area contributed by atoms with E-state index < -0.39 is 14.6 Å². The molecule has 0 bridgehead atoms. The Morgan fingerprint density at radius 2 is 1.80 bits per heavy atom. The lowest BCUT2D eigenvalue weighted by atomic mass is 9.83. The molecule has 0 unspecified atom stereocenters. The van der Waals surface area contributed by atoms with Crippen molar-refractivity contribution in [3.63, 3.8) is 0 Å². The molecular formula is C18H27NO5S. The molecule has 2 heterocycles. The Balaban J connectivity index is 1.70. The fourth-order valence-electron chi connectivity index (χ4n) is 4.01. The normalized spacial score (nSPS) is 24.2. The molecule has 3 rings (SSSR count). The third-order valence-corrected chi connectivity index (χ3v) is 8.02. The van der Waals surface area contributed by atoms with E-state index in [0.29, 0.717) is 39.3 Å². The van der Waals surface area contributed by atoms with Crippen LogP contribution in [0.1, 0.15) is 18.9 Å². The highest BCUT2D eigenvalue weighted by Gasteiger charge is 2.61. The van der Waals surface area contributed by atoms with E-state index in [1.807, 2.05) is 25.1 Å². The lowest BCUT2D eigenvalue weighted by molar-refractivity contribution is 0.0291. The van der Waals surface area contributed by atoms with E-state index in [4.69, 9.17) is 14.2 Å². The number of benzene rings is 1. The van der Waals surface area contributed by atoms with Crippen LogP contribution in [0.4, 0.5) is 0 Å². The Labute approximate surface area is 150 Å². The Morgan fingerprint density at radius 3 is 2.36 bits per heavy atom. The van der Waals surface area contributed by atoms with E-state index in [-0.39, 0.29) is 11.7 Å². The molecule has 0 aliphatic carbocycles. The minimum atomic E-state index is -3.05. The number of nitrogens with zero attached hydrogens (tertiary/aromatic N) is 1. The number of hydrogen-bond acceptors (Lipinski definition) is 6. The van der Waals surface area contributed by atoms with Crippen LogP contribution in [0.3, 0.4) is 0 Å². The van der Waals surface area contributed by atoms with Crippen LogP contribution in [-0.2, 0) is 21.1 Å². The molecule has 7 heteroatoms. The van der Waals surface area contributed by atoms with Crippen molar-refractivity contribution < 1.29 is 22.6 Å². The predicted molar refractivity (Wildman–Crippen MR) is 95.9 cm³/mol. The second-order valence-electron chi connectivity index (χ2n) is 6.89. The van der Waals surface area contributed by atoms with Crippen molar-refractivity contribution in [2.24, 2.45) is 5.92 Å². The SMILES string of the molecule is CCOC[C@@H]1CCS(=O)(=O)C12CN(Cc1cc(OC)cc(OC)c1)C2. The van der Waals surface area contributed by atoms with E-state index in [1.54, 1.807) is 14.2 Å². The number of likely N-dealkylation sites (tertiary alicyclic amines) is 1. The van der Waals surface area contributed by atoms with Gasteiger partial charge in [0, 0.05) is 38.2 Å². The van der Waals surface area contributed by atoms with Gasteiger partial charge in [-0.1, -0.05) is 0 Å². The van der Waals surface area contributed by atoms with Gasteiger partial charge in [0.05, 0.1) is 26.6 Å². The minimum absolute atomic E-state index is 0.105. The largest absolute Gasteiger partial charge is 0.497 e. The highest BCUT2D eigenvalue weighted by Crippen LogP contribution is 2.45. The number of ether oxygens (including phenoxy) is 3. The average Bonchev–Trinajstić information content (AvgIpc) is 2.83. The second-order valence-corrected chi connectivity index (χ2v) is 9.35. The zero-order valence-electron chi connectivity index (χ0n) is 15.2. The summed E-state index contributed by atoms with van der Waals surface area (Å²) in [6, 6.07) is 5.77. The van der Waals surface area contributed by atoms with E-state index in [9.17, 15) is 8.42 Å². The van der Waals surface area contributed by atoms with Crippen LogP contribution in [0.2, 0.25) is 0 Å². The molecule has 25 heavy (non-hydrogen) atoms. The van der Waals surface area contributed by atoms with Gasteiger partial charge >= 0.3 is 0 Å². The summed E-state index contributed by atoms with van der Waals surface area (Å²) in [5.74, 6) is 1.87. The van der Waals surface area contributed by atoms with Crippen molar-refractivity contribution >= 4 is 9.84 Å². The van der Waals surface area contributed by atoms with Gasteiger partial charge in [-0.05, 0) is 31.0 Å². The molecular weight excluding hydrogens is 342 g/mol. The van der Waals surface area contributed by atoms with Crippen LogP contribution in [0.25, 0.3) is 0 Å². The van der Waals surface area contributed by atoms with Crippen LogP contribution in [-0.4, -0.2) is 64.3 Å². The molecule has 1 aromatic carbocycles. The first kappa shape index (κ1) is 18.5. The van der Waals surface area contributed by atoms with Crippen molar-refractivity contribution in [3.05, 3.63) is 23.8 Å². The van der Waals surface area contributed by atoms with Gasteiger partial charge in [-0.3, -0.25) is 4.90 Å². The van der Waals surface area contributed by atoms with Crippen LogP contribution in [0.15, 0.2) is 18.2 Å². The molecule has 140 valence electrons. The van der Waals surface area contributed by atoms with E-state index in [0.717, 1.165) is 17.1 Å². The standard InChI is InChI=1S/C18H27NO5S/c1-4-24-11-15-5-6-25(20,21)18(15)12-19(13-18)10-14-7-16(22-2)9-17(8-14)23-3/h7-9,15H,4-6,10-13H2,1-3H3/t15-/m0/s1. The highest BCUT2D eigenvalue weighted by atomic mass is 32.2. The molecule has 0 N–H and O–H groups in total. The first-order chi connectivity index (χ1) is 11.9. The molecule has 0 aromatic heterocycles. The van der Waals surface area contributed by atoms with Crippen molar-refractivity contribution in [1.82, 2.24) is 4.90 Å². The van der Waals surface area contributed by atoms with Crippen molar-refractivity contribution in [2.45, 2.75) is 24.6 Å². The van der Waals surface area contributed by atoms with Crippen molar-refractivity contribution in [1.29, 1.82) is 0 Å². The van der Waals surface area contributed by atoms with Crippen molar-refractivity contribution in [3.8, 4) is 11.5 Å². The fraction of sp³-hybridized carbons (Fsp3) is 0.667. The van der Waals surface area contributed by atoms with Crippen LogP contribution < -0.4 is 9.47 Å². The zero-order valence-corrected chi connectivity index (χ0v) is 16.0. The lowest BCUT2D eigenvalue weighted by Gasteiger charge is -2.50. The molecule has 1 spiro atoms.